The number of rotatable bonds is 4. The fraction of sp³-hybridized carbons (Fsp3) is 0.286. The minimum atomic E-state index is 0.00824. The lowest BCUT2D eigenvalue weighted by Gasteiger charge is -2.02. The third-order valence-corrected chi connectivity index (χ3v) is 2.76. The van der Waals surface area contributed by atoms with E-state index in [1.165, 1.54) is 0 Å². The number of hydrogen-bond donors (Lipinski definition) is 0. The monoisotopic (exact) mass is 243 g/mol. The molecule has 0 saturated carbocycles. The third kappa shape index (κ3) is 2.27. The summed E-state index contributed by atoms with van der Waals surface area (Å²) in [6, 6.07) is 3.79. The Bertz CT molecular complexity index is 596. The lowest BCUT2D eigenvalue weighted by Crippen LogP contribution is -2.03. The van der Waals surface area contributed by atoms with Gasteiger partial charge in [-0.15, -0.1) is 0 Å². The Morgan fingerprint density at radius 1 is 1.50 bits per heavy atom. The van der Waals surface area contributed by atoms with Crippen molar-refractivity contribution in [3.8, 4) is 0 Å². The van der Waals surface area contributed by atoms with Gasteiger partial charge < -0.3 is 9.47 Å². The van der Waals surface area contributed by atoms with Crippen molar-refractivity contribution in [1.82, 2.24) is 14.5 Å². The SMILES string of the molecule is CCn1cc(C(=O)/C=C/N(C)C)c2cccnc21. The lowest BCUT2D eigenvalue weighted by atomic mass is 10.1. The summed E-state index contributed by atoms with van der Waals surface area (Å²) >= 11 is 0. The number of aromatic nitrogens is 2. The van der Waals surface area contributed by atoms with Gasteiger partial charge in [-0.25, -0.2) is 4.98 Å². The van der Waals surface area contributed by atoms with Crippen LogP contribution in [0.5, 0.6) is 0 Å². The average Bonchev–Trinajstić information content (AvgIpc) is 2.75. The molecule has 94 valence electrons. The van der Waals surface area contributed by atoms with E-state index in [2.05, 4.69) is 4.98 Å². The van der Waals surface area contributed by atoms with Gasteiger partial charge in [-0.2, -0.15) is 0 Å². The van der Waals surface area contributed by atoms with Crippen LogP contribution in [0.15, 0.2) is 36.8 Å². The zero-order chi connectivity index (χ0) is 13.1. The number of fused-ring (bicyclic) bond motifs is 1. The Morgan fingerprint density at radius 2 is 2.28 bits per heavy atom. The van der Waals surface area contributed by atoms with E-state index in [0.717, 1.165) is 17.6 Å². The molecule has 0 amide bonds. The summed E-state index contributed by atoms with van der Waals surface area (Å²) < 4.78 is 1.99. The zero-order valence-electron chi connectivity index (χ0n) is 10.9. The van der Waals surface area contributed by atoms with Crippen molar-refractivity contribution < 1.29 is 4.79 Å². The molecule has 0 radical (unpaired) electrons. The van der Waals surface area contributed by atoms with Crippen LogP contribution < -0.4 is 0 Å². The molecule has 0 atom stereocenters. The van der Waals surface area contributed by atoms with Gasteiger partial charge in [-0.3, -0.25) is 4.79 Å². The highest BCUT2D eigenvalue weighted by Gasteiger charge is 2.12. The maximum Gasteiger partial charge on any atom is 0.189 e. The molecule has 4 nitrogen and oxygen atoms in total. The summed E-state index contributed by atoms with van der Waals surface area (Å²) in [6.07, 6.45) is 6.97. The average molecular weight is 243 g/mol. The topological polar surface area (TPSA) is 38.1 Å². The number of aryl methyl sites for hydroxylation is 1. The van der Waals surface area contributed by atoms with Crippen molar-refractivity contribution in [2.24, 2.45) is 0 Å². The Labute approximate surface area is 107 Å². The molecule has 4 heteroatoms. The van der Waals surface area contributed by atoms with E-state index in [1.807, 2.05) is 48.8 Å². The zero-order valence-corrected chi connectivity index (χ0v) is 10.9. The summed E-state index contributed by atoms with van der Waals surface area (Å²) in [5.74, 6) is 0.00824. The van der Waals surface area contributed by atoms with Gasteiger partial charge in [-0.05, 0) is 19.1 Å². The standard InChI is InChI=1S/C14H17N3O/c1-4-17-10-12(13(18)7-9-16(2)3)11-6-5-8-15-14(11)17/h5-10H,4H2,1-3H3/b9-7+. The number of allylic oxidation sites excluding steroid dienone is 1. The number of ketones is 1. The molecule has 0 aromatic carbocycles. The molecule has 0 aliphatic heterocycles. The van der Waals surface area contributed by atoms with Crippen molar-refractivity contribution in [1.29, 1.82) is 0 Å². The molecule has 2 rings (SSSR count). The normalized spacial score (nSPS) is 11.3. The van der Waals surface area contributed by atoms with Gasteiger partial charge in [0.1, 0.15) is 5.65 Å². The smallest absolute Gasteiger partial charge is 0.189 e. The number of carbonyl (C=O) groups is 1. The molecule has 2 aromatic rings. The van der Waals surface area contributed by atoms with Crippen molar-refractivity contribution in [2.75, 3.05) is 14.1 Å². The predicted octanol–water partition coefficient (Wildman–Crippen LogP) is 2.31. The van der Waals surface area contributed by atoms with Gasteiger partial charge in [0.05, 0.1) is 0 Å². The number of hydrogen-bond acceptors (Lipinski definition) is 3. The fourth-order valence-corrected chi connectivity index (χ4v) is 1.87. The van der Waals surface area contributed by atoms with Gasteiger partial charge in [0, 0.05) is 56.3 Å². The molecule has 0 spiro atoms. The third-order valence-electron chi connectivity index (χ3n) is 2.76. The van der Waals surface area contributed by atoms with Gasteiger partial charge in [0.25, 0.3) is 0 Å². The van der Waals surface area contributed by atoms with Crippen LogP contribution in [0.1, 0.15) is 17.3 Å². The number of nitrogens with zero attached hydrogens (tertiary/aromatic N) is 3. The Kier molecular flexibility index (Phi) is 3.46. The molecule has 2 heterocycles. The van der Waals surface area contributed by atoms with Gasteiger partial charge in [0.2, 0.25) is 0 Å². The molecule has 2 aromatic heterocycles. The molecule has 0 fully saturated rings. The highest BCUT2D eigenvalue weighted by molar-refractivity contribution is 6.12. The van der Waals surface area contributed by atoms with Crippen molar-refractivity contribution >= 4 is 16.8 Å². The predicted molar refractivity (Wildman–Crippen MR) is 72.6 cm³/mol. The minimum absolute atomic E-state index is 0.00824. The van der Waals surface area contributed by atoms with E-state index < -0.39 is 0 Å². The molecule has 0 saturated heterocycles. The molecule has 0 bridgehead atoms. The number of carbonyl (C=O) groups excluding carboxylic acids is 1. The van der Waals surface area contributed by atoms with Crippen LogP contribution in [0.25, 0.3) is 11.0 Å². The summed E-state index contributed by atoms with van der Waals surface area (Å²) in [5, 5.41) is 0.910. The first-order valence-corrected chi connectivity index (χ1v) is 5.96. The van der Waals surface area contributed by atoms with Crippen molar-refractivity contribution in [3.63, 3.8) is 0 Å². The first-order chi connectivity index (χ1) is 8.63. The summed E-state index contributed by atoms with van der Waals surface area (Å²) in [6.45, 7) is 2.84. The summed E-state index contributed by atoms with van der Waals surface area (Å²) in [4.78, 5) is 18.3. The molecule has 0 N–H and O–H groups in total. The van der Waals surface area contributed by atoms with Gasteiger partial charge in [0.15, 0.2) is 5.78 Å². The van der Waals surface area contributed by atoms with Crippen molar-refractivity contribution in [2.45, 2.75) is 13.5 Å². The molecule has 0 aliphatic carbocycles. The summed E-state index contributed by atoms with van der Waals surface area (Å²) in [5.41, 5.74) is 1.57. The van der Waals surface area contributed by atoms with Gasteiger partial charge in [-0.1, -0.05) is 0 Å². The Hall–Kier alpha value is -2.10. The van der Waals surface area contributed by atoms with E-state index >= 15 is 0 Å². The molecule has 0 aliphatic rings. The maximum absolute atomic E-state index is 12.1. The van der Waals surface area contributed by atoms with E-state index in [4.69, 9.17) is 0 Å². The van der Waals surface area contributed by atoms with Crippen molar-refractivity contribution in [3.05, 3.63) is 42.4 Å². The molecular weight excluding hydrogens is 226 g/mol. The quantitative estimate of drug-likeness (QED) is 0.611. The summed E-state index contributed by atoms with van der Waals surface area (Å²) in [7, 11) is 3.78. The van der Waals surface area contributed by atoms with E-state index in [-0.39, 0.29) is 5.78 Å². The van der Waals surface area contributed by atoms with Crippen LogP contribution in [0, 0.1) is 0 Å². The lowest BCUT2D eigenvalue weighted by molar-refractivity contribution is 0.104. The van der Waals surface area contributed by atoms with Crippen LogP contribution in [0.2, 0.25) is 0 Å². The van der Waals surface area contributed by atoms with Crippen LogP contribution in [-0.2, 0) is 6.54 Å². The Balaban J connectivity index is 2.48. The second kappa shape index (κ2) is 5.04. The van der Waals surface area contributed by atoms with Crippen LogP contribution in [-0.4, -0.2) is 34.3 Å². The minimum Gasteiger partial charge on any atom is -0.383 e. The second-order valence-electron chi connectivity index (χ2n) is 4.35. The van der Waals surface area contributed by atoms with E-state index in [1.54, 1.807) is 18.5 Å². The molecule has 18 heavy (non-hydrogen) atoms. The highest BCUT2D eigenvalue weighted by atomic mass is 16.1. The first kappa shape index (κ1) is 12.4. The second-order valence-corrected chi connectivity index (χ2v) is 4.35. The molecule has 0 unspecified atom stereocenters. The van der Waals surface area contributed by atoms with E-state index in [0.29, 0.717) is 5.56 Å². The first-order valence-electron chi connectivity index (χ1n) is 5.96. The fourth-order valence-electron chi connectivity index (χ4n) is 1.87. The van der Waals surface area contributed by atoms with E-state index in [9.17, 15) is 4.79 Å². The van der Waals surface area contributed by atoms with Crippen LogP contribution in [0.3, 0.4) is 0 Å². The van der Waals surface area contributed by atoms with Gasteiger partial charge >= 0.3 is 0 Å². The van der Waals surface area contributed by atoms with Crippen LogP contribution >= 0.6 is 0 Å². The van der Waals surface area contributed by atoms with Crippen LogP contribution in [0.4, 0.5) is 0 Å². The maximum atomic E-state index is 12.1. The largest absolute Gasteiger partial charge is 0.383 e. The number of pyridine rings is 1. The Morgan fingerprint density at radius 3 is 2.94 bits per heavy atom. The highest BCUT2D eigenvalue weighted by Crippen LogP contribution is 2.20. The molecular formula is C14H17N3O.